The van der Waals surface area contributed by atoms with Gasteiger partial charge in [0.2, 0.25) is 5.78 Å². The number of hydrogen-bond donors (Lipinski definition) is 1. The topological polar surface area (TPSA) is 79.7 Å². The quantitative estimate of drug-likeness (QED) is 0.218. The molecule has 1 heterocycles. The van der Waals surface area contributed by atoms with Crippen LogP contribution in [-0.4, -0.2) is 28.4 Å². The first-order valence-corrected chi connectivity index (χ1v) is 10.8. The maximum Gasteiger partial charge on any atom is 0.339 e. The van der Waals surface area contributed by atoms with Gasteiger partial charge in [0.05, 0.1) is 11.9 Å². The number of para-hydroxylation sites is 1. The van der Waals surface area contributed by atoms with E-state index in [1.54, 1.807) is 47.4 Å². The Bertz CT molecular complexity index is 1420. The van der Waals surface area contributed by atoms with E-state index >= 15 is 0 Å². The lowest BCUT2D eigenvalue weighted by molar-refractivity contribution is 0.0694. The number of nitrogens with zero attached hydrogens (tertiary/aromatic N) is 2. The van der Waals surface area contributed by atoms with Gasteiger partial charge in [-0.15, -0.1) is 6.58 Å². The van der Waals surface area contributed by atoms with Crippen molar-refractivity contribution >= 4 is 23.1 Å². The highest BCUT2D eigenvalue weighted by Crippen LogP contribution is 2.29. The number of ether oxygens (including phenoxy) is 1. The molecule has 0 spiro atoms. The standard InChI is InChI=1S/C28H20F2N2O4/c1-2-14-32(19-9-11-23(29)24(30)16-19)20-10-12-25(31-17-20)27(33)18-8-13-26(22(15-18)28(34)35)36-21-6-4-3-5-7-21/h2-13,15-17H,1,14H2,(H,34,35). The van der Waals surface area contributed by atoms with Gasteiger partial charge in [0, 0.05) is 23.9 Å². The van der Waals surface area contributed by atoms with Crippen LogP contribution in [0.2, 0.25) is 0 Å². The van der Waals surface area contributed by atoms with Gasteiger partial charge in [-0.3, -0.25) is 9.78 Å². The highest BCUT2D eigenvalue weighted by atomic mass is 19.2. The normalized spacial score (nSPS) is 10.5. The smallest absolute Gasteiger partial charge is 0.339 e. The first kappa shape index (κ1) is 24.3. The van der Waals surface area contributed by atoms with Crippen LogP contribution in [0.25, 0.3) is 0 Å². The molecule has 36 heavy (non-hydrogen) atoms. The molecule has 0 saturated carbocycles. The van der Waals surface area contributed by atoms with Gasteiger partial charge in [-0.05, 0) is 54.6 Å². The number of rotatable bonds is 9. The first-order chi connectivity index (χ1) is 17.4. The van der Waals surface area contributed by atoms with E-state index in [1.807, 2.05) is 0 Å². The molecule has 4 rings (SSSR count). The average molecular weight is 486 g/mol. The molecular formula is C28H20F2N2O4. The average Bonchev–Trinajstić information content (AvgIpc) is 2.89. The molecule has 0 aliphatic rings. The predicted octanol–water partition coefficient (Wildman–Crippen LogP) is 6.41. The molecule has 0 saturated heterocycles. The van der Waals surface area contributed by atoms with Gasteiger partial charge in [-0.1, -0.05) is 24.3 Å². The molecule has 0 fully saturated rings. The third-order valence-electron chi connectivity index (χ3n) is 5.26. The number of carbonyl (C=O) groups excluding carboxylic acids is 1. The van der Waals surface area contributed by atoms with E-state index in [4.69, 9.17) is 4.74 Å². The fourth-order valence-electron chi connectivity index (χ4n) is 3.51. The Hall–Kier alpha value is -4.85. The van der Waals surface area contributed by atoms with Crippen molar-refractivity contribution in [3.8, 4) is 11.5 Å². The van der Waals surface area contributed by atoms with E-state index in [1.165, 1.54) is 36.5 Å². The maximum atomic E-state index is 13.8. The van der Waals surface area contributed by atoms with Gasteiger partial charge in [-0.25, -0.2) is 13.6 Å². The number of halogens is 2. The van der Waals surface area contributed by atoms with E-state index < -0.39 is 23.4 Å². The van der Waals surface area contributed by atoms with Crippen molar-refractivity contribution in [2.24, 2.45) is 0 Å². The molecular weight excluding hydrogens is 466 g/mol. The van der Waals surface area contributed by atoms with Crippen LogP contribution < -0.4 is 9.64 Å². The second kappa shape index (κ2) is 10.6. The molecule has 180 valence electrons. The molecule has 4 aromatic rings. The summed E-state index contributed by atoms with van der Waals surface area (Å²) in [5.74, 6) is -3.13. The molecule has 6 nitrogen and oxygen atoms in total. The van der Waals surface area contributed by atoms with Crippen molar-refractivity contribution in [3.63, 3.8) is 0 Å². The molecule has 0 aliphatic carbocycles. The molecule has 0 amide bonds. The number of pyridine rings is 1. The van der Waals surface area contributed by atoms with E-state index in [2.05, 4.69) is 11.6 Å². The summed E-state index contributed by atoms with van der Waals surface area (Å²) >= 11 is 0. The summed E-state index contributed by atoms with van der Waals surface area (Å²) in [4.78, 5) is 30.7. The van der Waals surface area contributed by atoms with Gasteiger partial charge in [0.15, 0.2) is 11.6 Å². The number of hydrogen-bond acceptors (Lipinski definition) is 5. The largest absolute Gasteiger partial charge is 0.478 e. The van der Waals surface area contributed by atoms with Crippen molar-refractivity contribution < 1.29 is 28.2 Å². The number of carboxylic acid groups (broad SMARTS) is 1. The lowest BCUT2D eigenvalue weighted by Crippen LogP contribution is -2.18. The second-order valence-electron chi connectivity index (χ2n) is 7.66. The number of ketones is 1. The zero-order valence-corrected chi connectivity index (χ0v) is 18.9. The fraction of sp³-hybridized carbons (Fsp3) is 0.0357. The van der Waals surface area contributed by atoms with Crippen molar-refractivity contribution in [1.82, 2.24) is 4.98 Å². The summed E-state index contributed by atoms with van der Waals surface area (Å²) in [6, 6.07) is 19.4. The van der Waals surface area contributed by atoms with Crippen LogP contribution in [-0.2, 0) is 0 Å². The number of benzene rings is 3. The Kier molecular flexibility index (Phi) is 7.15. The highest BCUT2D eigenvalue weighted by molar-refractivity contribution is 6.09. The van der Waals surface area contributed by atoms with Crippen LogP contribution in [0.4, 0.5) is 20.2 Å². The Balaban J connectivity index is 1.60. The minimum absolute atomic E-state index is 0.0793. The second-order valence-corrected chi connectivity index (χ2v) is 7.66. The molecule has 0 aliphatic heterocycles. The molecule has 1 N–H and O–H groups in total. The maximum absolute atomic E-state index is 13.8. The molecule has 0 atom stereocenters. The van der Waals surface area contributed by atoms with Crippen LogP contribution in [0.15, 0.2) is 97.7 Å². The zero-order chi connectivity index (χ0) is 25.7. The third-order valence-corrected chi connectivity index (χ3v) is 5.26. The number of aromatic nitrogens is 1. The number of carboxylic acids is 1. The molecule has 1 aromatic heterocycles. The van der Waals surface area contributed by atoms with Crippen molar-refractivity contribution in [1.29, 1.82) is 0 Å². The fourth-order valence-corrected chi connectivity index (χ4v) is 3.51. The predicted molar refractivity (Wildman–Crippen MR) is 131 cm³/mol. The van der Waals surface area contributed by atoms with Gasteiger partial charge >= 0.3 is 5.97 Å². The van der Waals surface area contributed by atoms with Gasteiger partial charge in [0.25, 0.3) is 0 Å². The zero-order valence-electron chi connectivity index (χ0n) is 18.9. The first-order valence-electron chi connectivity index (χ1n) is 10.8. The molecule has 0 radical (unpaired) electrons. The van der Waals surface area contributed by atoms with E-state index in [9.17, 15) is 23.5 Å². The van der Waals surface area contributed by atoms with Crippen LogP contribution in [0, 0.1) is 11.6 Å². The summed E-state index contributed by atoms with van der Waals surface area (Å²) in [6.45, 7) is 3.97. The van der Waals surface area contributed by atoms with E-state index in [0.29, 0.717) is 17.1 Å². The summed E-state index contributed by atoms with van der Waals surface area (Å²) in [7, 11) is 0. The van der Waals surface area contributed by atoms with Crippen molar-refractivity contribution in [2.45, 2.75) is 0 Å². The van der Waals surface area contributed by atoms with Crippen LogP contribution in [0.5, 0.6) is 11.5 Å². The van der Waals surface area contributed by atoms with Gasteiger partial charge in [-0.2, -0.15) is 0 Å². The number of carbonyl (C=O) groups is 2. The SMILES string of the molecule is C=CCN(c1ccc(C(=O)c2ccc(Oc3ccccc3)c(C(=O)O)c2)nc1)c1ccc(F)c(F)c1. The number of anilines is 2. The lowest BCUT2D eigenvalue weighted by atomic mass is 10.0. The minimum atomic E-state index is -1.24. The van der Waals surface area contributed by atoms with E-state index in [-0.39, 0.29) is 29.1 Å². The van der Waals surface area contributed by atoms with Crippen LogP contribution in [0.1, 0.15) is 26.4 Å². The molecule has 0 bridgehead atoms. The van der Waals surface area contributed by atoms with Crippen molar-refractivity contribution in [2.75, 3.05) is 11.4 Å². The van der Waals surface area contributed by atoms with Crippen LogP contribution >= 0.6 is 0 Å². The Morgan fingerprint density at radius 2 is 1.69 bits per heavy atom. The highest BCUT2D eigenvalue weighted by Gasteiger charge is 2.19. The Morgan fingerprint density at radius 1 is 0.944 bits per heavy atom. The Morgan fingerprint density at radius 3 is 2.33 bits per heavy atom. The van der Waals surface area contributed by atoms with E-state index in [0.717, 1.165) is 12.1 Å². The summed E-state index contributed by atoms with van der Waals surface area (Å²) in [6.07, 6.45) is 3.01. The monoisotopic (exact) mass is 486 g/mol. The molecule has 8 heteroatoms. The summed E-state index contributed by atoms with van der Waals surface area (Å²) < 4.78 is 32.8. The van der Waals surface area contributed by atoms with Gasteiger partial charge in [0.1, 0.15) is 22.8 Å². The molecule has 0 unspecified atom stereocenters. The molecule has 3 aromatic carbocycles. The van der Waals surface area contributed by atoms with Gasteiger partial charge < -0.3 is 14.7 Å². The van der Waals surface area contributed by atoms with Crippen molar-refractivity contribution in [3.05, 3.63) is 126 Å². The minimum Gasteiger partial charge on any atom is -0.478 e. The number of aromatic carboxylic acids is 1. The van der Waals surface area contributed by atoms with Crippen LogP contribution in [0.3, 0.4) is 0 Å². The third kappa shape index (κ3) is 5.28. The summed E-state index contributed by atoms with van der Waals surface area (Å²) in [5.41, 5.74) is 0.939. The lowest BCUT2D eigenvalue weighted by Gasteiger charge is -2.23. The Labute approximate surface area is 205 Å². The summed E-state index contributed by atoms with van der Waals surface area (Å²) in [5, 5.41) is 9.64.